The van der Waals surface area contributed by atoms with E-state index in [0.717, 1.165) is 12.8 Å². The first-order valence-corrected chi connectivity index (χ1v) is 6.69. The number of methoxy groups -OCH3 is 1. The number of amides is 1. The van der Waals surface area contributed by atoms with Crippen LogP contribution in [-0.4, -0.2) is 50.5 Å². The van der Waals surface area contributed by atoms with Gasteiger partial charge in [-0.05, 0) is 31.6 Å². The number of carbonyl (C=O) groups excluding carboxylic acids is 1. The van der Waals surface area contributed by atoms with Gasteiger partial charge in [-0.25, -0.2) is 0 Å². The maximum absolute atomic E-state index is 11.5. The van der Waals surface area contributed by atoms with Crippen molar-refractivity contribution in [2.45, 2.75) is 25.7 Å². The molecular weight excluding hydrogens is 250 g/mol. The Kier molecular flexibility index (Phi) is 7.43. The van der Waals surface area contributed by atoms with E-state index in [1.165, 1.54) is 0 Å². The first-order chi connectivity index (χ1) is 9.13. The third kappa shape index (κ3) is 6.54. The Morgan fingerprint density at radius 2 is 1.89 bits per heavy atom. The smallest absolute Gasteiger partial charge is 0.306 e. The molecular formula is C13H23NO5. The fourth-order valence-corrected chi connectivity index (χ4v) is 2.23. The maximum Gasteiger partial charge on any atom is 0.306 e. The van der Waals surface area contributed by atoms with E-state index in [0.29, 0.717) is 38.5 Å². The number of nitrogens with one attached hydrogen (secondary N) is 1. The van der Waals surface area contributed by atoms with Crippen molar-refractivity contribution in [1.29, 1.82) is 0 Å². The summed E-state index contributed by atoms with van der Waals surface area (Å²) in [5, 5.41) is 11.7. The van der Waals surface area contributed by atoms with Crippen LogP contribution in [0.2, 0.25) is 0 Å². The van der Waals surface area contributed by atoms with Gasteiger partial charge in [0.1, 0.15) is 6.61 Å². The largest absolute Gasteiger partial charge is 0.481 e. The van der Waals surface area contributed by atoms with Crippen LogP contribution in [0, 0.1) is 11.8 Å². The summed E-state index contributed by atoms with van der Waals surface area (Å²) in [7, 11) is 1.58. The van der Waals surface area contributed by atoms with E-state index in [4.69, 9.17) is 14.6 Å². The first kappa shape index (κ1) is 15.9. The molecule has 0 spiro atoms. The highest BCUT2D eigenvalue weighted by Crippen LogP contribution is 2.28. The van der Waals surface area contributed by atoms with Crippen LogP contribution in [0.25, 0.3) is 0 Å². The molecule has 2 N–H and O–H groups in total. The Labute approximate surface area is 113 Å². The molecule has 1 saturated carbocycles. The molecule has 0 bridgehead atoms. The van der Waals surface area contributed by atoms with Gasteiger partial charge in [0.2, 0.25) is 5.91 Å². The van der Waals surface area contributed by atoms with E-state index in [-0.39, 0.29) is 18.4 Å². The lowest BCUT2D eigenvalue weighted by atomic mass is 9.82. The lowest BCUT2D eigenvalue weighted by molar-refractivity contribution is -0.143. The Bertz CT molecular complexity index is 287. The molecule has 110 valence electrons. The minimum atomic E-state index is -0.700. The molecule has 1 amide bonds. The van der Waals surface area contributed by atoms with Crippen molar-refractivity contribution in [1.82, 2.24) is 5.32 Å². The second-order valence-corrected chi connectivity index (χ2v) is 4.91. The summed E-state index contributed by atoms with van der Waals surface area (Å²) in [6.07, 6.45) is 3.14. The predicted octanol–water partition coefficient (Wildman–Crippen LogP) is 0.657. The monoisotopic (exact) mass is 273 g/mol. The molecule has 0 aliphatic heterocycles. The van der Waals surface area contributed by atoms with Crippen LogP contribution >= 0.6 is 0 Å². The van der Waals surface area contributed by atoms with E-state index < -0.39 is 5.97 Å². The molecule has 0 aromatic carbocycles. The minimum Gasteiger partial charge on any atom is -0.481 e. The zero-order chi connectivity index (χ0) is 14.1. The molecule has 0 aromatic heterocycles. The second-order valence-electron chi connectivity index (χ2n) is 4.91. The molecule has 6 nitrogen and oxygen atoms in total. The van der Waals surface area contributed by atoms with Crippen molar-refractivity contribution in [2.24, 2.45) is 11.8 Å². The number of aliphatic carboxylic acids is 1. The Morgan fingerprint density at radius 3 is 2.47 bits per heavy atom. The van der Waals surface area contributed by atoms with Gasteiger partial charge in [0.25, 0.3) is 0 Å². The van der Waals surface area contributed by atoms with Crippen LogP contribution < -0.4 is 5.32 Å². The van der Waals surface area contributed by atoms with Crippen molar-refractivity contribution in [3.8, 4) is 0 Å². The third-order valence-electron chi connectivity index (χ3n) is 3.45. The van der Waals surface area contributed by atoms with E-state index in [9.17, 15) is 9.59 Å². The lowest BCUT2D eigenvalue weighted by Gasteiger charge is -2.26. The fourth-order valence-electron chi connectivity index (χ4n) is 2.23. The van der Waals surface area contributed by atoms with Crippen molar-refractivity contribution in [3.05, 3.63) is 0 Å². The quantitative estimate of drug-likeness (QED) is 0.634. The lowest BCUT2D eigenvalue weighted by Crippen LogP contribution is -2.34. The van der Waals surface area contributed by atoms with E-state index >= 15 is 0 Å². The molecule has 0 aromatic rings. The normalized spacial score (nSPS) is 23.0. The Balaban J connectivity index is 2.06. The highest BCUT2D eigenvalue weighted by molar-refractivity contribution is 5.77. The maximum atomic E-state index is 11.5. The number of rotatable bonds is 8. The van der Waals surface area contributed by atoms with Gasteiger partial charge in [-0.1, -0.05) is 0 Å². The number of carboxylic acids is 1. The standard InChI is InChI=1S/C13H23NO5/c1-18-6-7-19-9-12(15)14-8-10-2-4-11(5-3-10)13(16)17/h10-11H,2-9H2,1H3,(H,14,15)(H,16,17). The average molecular weight is 273 g/mol. The van der Waals surface area contributed by atoms with E-state index in [1.807, 2.05) is 0 Å². The number of carbonyl (C=O) groups is 2. The minimum absolute atomic E-state index is 0.0494. The van der Waals surface area contributed by atoms with Crippen LogP contribution in [0.5, 0.6) is 0 Å². The van der Waals surface area contributed by atoms with Gasteiger partial charge in [0.15, 0.2) is 0 Å². The average Bonchev–Trinajstić information content (AvgIpc) is 2.42. The zero-order valence-corrected chi connectivity index (χ0v) is 11.4. The van der Waals surface area contributed by atoms with Crippen LogP contribution in [-0.2, 0) is 19.1 Å². The molecule has 0 radical (unpaired) electrons. The first-order valence-electron chi connectivity index (χ1n) is 6.69. The number of ether oxygens (including phenoxy) is 2. The number of carboxylic acid groups (broad SMARTS) is 1. The molecule has 0 saturated heterocycles. The number of hydrogen-bond donors (Lipinski definition) is 2. The number of hydrogen-bond acceptors (Lipinski definition) is 4. The zero-order valence-electron chi connectivity index (χ0n) is 11.4. The van der Waals surface area contributed by atoms with Gasteiger partial charge in [0, 0.05) is 13.7 Å². The summed E-state index contributed by atoms with van der Waals surface area (Å²) in [6, 6.07) is 0. The molecule has 1 rings (SSSR count). The molecule has 0 atom stereocenters. The topological polar surface area (TPSA) is 84.9 Å². The highest BCUT2D eigenvalue weighted by atomic mass is 16.5. The second kappa shape index (κ2) is 8.87. The van der Waals surface area contributed by atoms with Crippen LogP contribution in [0.1, 0.15) is 25.7 Å². The van der Waals surface area contributed by atoms with Crippen molar-refractivity contribution in [3.63, 3.8) is 0 Å². The molecule has 0 heterocycles. The van der Waals surface area contributed by atoms with Gasteiger partial charge >= 0.3 is 5.97 Å². The Hall–Kier alpha value is -1.14. The van der Waals surface area contributed by atoms with Crippen molar-refractivity contribution < 1.29 is 24.2 Å². The molecule has 19 heavy (non-hydrogen) atoms. The third-order valence-corrected chi connectivity index (χ3v) is 3.45. The van der Waals surface area contributed by atoms with Crippen LogP contribution in [0.15, 0.2) is 0 Å². The Morgan fingerprint density at radius 1 is 1.21 bits per heavy atom. The summed E-state index contributed by atoms with van der Waals surface area (Å²) in [5.74, 6) is -0.645. The van der Waals surface area contributed by atoms with Crippen molar-refractivity contribution >= 4 is 11.9 Å². The highest BCUT2D eigenvalue weighted by Gasteiger charge is 2.25. The summed E-state index contributed by atoms with van der Waals surface area (Å²) in [4.78, 5) is 22.3. The van der Waals surface area contributed by atoms with Gasteiger partial charge in [-0.2, -0.15) is 0 Å². The van der Waals surface area contributed by atoms with Gasteiger partial charge in [-0.15, -0.1) is 0 Å². The van der Waals surface area contributed by atoms with Gasteiger partial charge < -0.3 is 19.9 Å². The van der Waals surface area contributed by atoms with Gasteiger partial charge in [0.05, 0.1) is 19.1 Å². The van der Waals surface area contributed by atoms with Crippen LogP contribution in [0.3, 0.4) is 0 Å². The predicted molar refractivity (Wildman–Crippen MR) is 68.8 cm³/mol. The molecule has 1 fully saturated rings. The summed E-state index contributed by atoms with van der Waals surface area (Å²) < 4.78 is 9.91. The molecule has 0 unspecified atom stereocenters. The summed E-state index contributed by atoms with van der Waals surface area (Å²) in [6.45, 7) is 1.55. The van der Waals surface area contributed by atoms with Gasteiger partial charge in [-0.3, -0.25) is 9.59 Å². The van der Waals surface area contributed by atoms with Crippen molar-refractivity contribution in [2.75, 3.05) is 33.5 Å². The summed E-state index contributed by atoms with van der Waals surface area (Å²) >= 11 is 0. The van der Waals surface area contributed by atoms with Crippen LogP contribution in [0.4, 0.5) is 0 Å². The fraction of sp³-hybridized carbons (Fsp3) is 0.846. The van der Waals surface area contributed by atoms with E-state index in [2.05, 4.69) is 5.32 Å². The molecule has 1 aliphatic carbocycles. The van der Waals surface area contributed by atoms with E-state index in [1.54, 1.807) is 7.11 Å². The molecule has 1 aliphatic rings. The molecule has 6 heteroatoms. The SMILES string of the molecule is COCCOCC(=O)NCC1CCC(C(=O)O)CC1. The summed E-state index contributed by atoms with van der Waals surface area (Å²) in [5.41, 5.74) is 0.